The molecule has 0 saturated heterocycles. The lowest BCUT2D eigenvalue weighted by Crippen LogP contribution is -2.23. The molecule has 140 valence electrons. The van der Waals surface area contributed by atoms with Gasteiger partial charge in [0.25, 0.3) is 0 Å². The SMILES string of the molecule is CC(C)c1nc(CN=C(N)N)n(Cc2ccncc2)c1Sc1ccccc1. The number of imidazole rings is 1. The molecule has 0 aliphatic heterocycles. The van der Waals surface area contributed by atoms with Crippen LogP contribution >= 0.6 is 11.8 Å². The summed E-state index contributed by atoms with van der Waals surface area (Å²) in [7, 11) is 0. The van der Waals surface area contributed by atoms with Gasteiger partial charge < -0.3 is 16.0 Å². The molecule has 6 nitrogen and oxygen atoms in total. The van der Waals surface area contributed by atoms with E-state index in [0.29, 0.717) is 13.1 Å². The molecule has 0 atom stereocenters. The molecule has 4 N–H and O–H groups in total. The lowest BCUT2D eigenvalue weighted by molar-refractivity contribution is 0.668. The highest BCUT2D eigenvalue weighted by Gasteiger charge is 2.20. The Hall–Kier alpha value is -2.80. The first-order valence-electron chi connectivity index (χ1n) is 8.81. The van der Waals surface area contributed by atoms with Crippen molar-refractivity contribution in [1.82, 2.24) is 14.5 Å². The van der Waals surface area contributed by atoms with Crippen molar-refractivity contribution >= 4 is 17.7 Å². The first kappa shape index (κ1) is 19.0. The largest absolute Gasteiger partial charge is 0.370 e. The molecule has 0 unspecified atom stereocenters. The van der Waals surface area contributed by atoms with E-state index in [9.17, 15) is 0 Å². The van der Waals surface area contributed by atoms with Gasteiger partial charge in [-0.2, -0.15) is 0 Å². The van der Waals surface area contributed by atoms with Crippen LogP contribution in [0.25, 0.3) is 0 Å². The summed E-state index contributed by atoms with van der Waals surface area (Å²) in [6.45, 7) is 5.34. The predicted molar refractivity (Wildman–Crippen MR) is 110 cm³/mol. The molecule has 0 spiro atoms. The van der Waals surface area contributed by atoms with Gasteiger partial charge in [-0.25, -0.2) is 9.98 Å². The van der Waals surface area contributed by atoms with Crippen LogP contribution in [0.3, 0.4) is 0 Å². The Kier molecular flexibility index (Phi) is 6.13. The first-order valence-corrected chi connectivity index (χ1v) is 9.62. The Morgan fingerprint density at radius 2 is 1.81 bits per heavy atom. The number of rotatable bonds is 7. The number of benzene rings is 1. The summed E-state index contributed by atoms with van der Waals surface area (Å²) in [4.78, 5) is 14.3. The fraction of sp³-hybridized carbons (Fsp3) is 0.250. The summed E-state index contributed by atoms with van der Waals surface area (Å²) in [5.41, 5.74) is 13.3. The highest BCUT2D eigenvalue weighted by atomic mass is 32.2. The quantitative estimate of drug-likeness (QED) is 0.484. The van der Waals surface area contributed by atoms with Crippen LogP contribution in [-0.2, 0) is 13.1 Å². The van der Waals surface area contributed by atoms with E-state index in [4.69, 9.17) is 16.5 Å². The Labute approximate surface area is 163 Å². The Bertz CT molecular complexity index is 899. The second-order valence-electron chi connectivity index (χ2n) is 6.47. The van der Waals surface area contributed by atoms with Crippen molar-refractivity contribution in [3.63, 3.8) is 0 Å². The molecule has 0 aliphatic rings. The fourth-order valence-electron chi connectivity index (χ4n) is 2.70. The molecule has 0 saturated carbocycles. The number of aliphatic imine (C=N–C) groups is 1. The second kappa shape index (κ2) is 8.73. The minimum Gasteiger partial charge on any atom is -0.370 e. The second-order valence-corrected chi connectivity index (χ2v) is 7.53. The van der Waals surface area contributed by atoms with Crippen LogP contribution in [0.15, 0.2) is 69.8 Å². The highest BCUT2D eigenvalue weighted by Crippen LogP contribution is 2.35. The van der Waals surface area contributed by atoms with Gasteiger partial charge in [-0.1, -0.05) is 43.8 Å². The average Bonchev–Trinajstić information content (AvgIpc) is 2.99. The summed E-state index contributed by atoms with van der Waals surface area (Å²) in [5, 5.41) is 1.12. The third kappa shape index (κ3) is 4.89. The number of nitrogens with zero attached hydrogens (tertiary/aromatic N) is 4. The van der Waals surface area contributed by atoms with E-state index in [0.717, 1.165) is 22.1 Å². The summed E-state index contributed by atoms with van der Waals surface area (Å²) in [5.74, 6) is 1.20. The third-order valence-electron chi connectivity index (χ3n) is 4.02. The standard InChI is InChI=1S/C20H24N6S/c1-14(2)18-19(27-16-6-4-3-5-7-16)26(13-15-8-10-23-11-9-15)17(25-18)12-24-20(21)22/h3-11,14H,12-13H2,1-2H3,(H4,21,22,24). The molecule has 7 heteroatoms. The van der Waals surface area contributed by atoms with Crippen molar-refractivity contribution in [3.05, 3.63) is 71.9 Å². The van der Waals surface area contributed by atoms with E-state index in [-0.39, 0.29) is 11.9 Å². The zero-order valence-electron chi connectivity index (χ0n) is 15.5. The van der Waals surface area contributed by atoms with E-state index in [2.05, 4.69) is 40.5 Å². The lowest BCUT2D eigenvalue weighted by Gasteiger charge is -2.13. The topological polar surface area (TPSA) is 95.1 Å². The van der Waals surface area contributed by atoms with Crippen LogP contribution < -0.4 is 11.5 Å². The summed E-state index contributed by atoms with van der Waals surface area (Å²) < 4.78 is 2.20. The summed E-state index contributed by atoms with van der Waals surface area (Å²) in [6.07, 6.45) is 3.60. The van der Waals surface area contributed by atoms with Gasteiger partial charge in [0, 0.05) is 23.8 Å². The first-order chi connectivity index (χ1) is 13.0. The molecule has 0 amide bonds. The lowest BCUT2D eigenvalue weighted by atomic mass is 10.1. The van der Waals surface area contributed by atoms with Gasteiger partial charge >= 0.3 is 0 Å². The van der Waals surface area contributed by atoms with E-state index in [1.165, 1.54) is 4.90 Å². The Morgan fingerprint density at radius 3 is 2.44 bits per heavy atom. The van der Waals surface area contributed by atoms with Gasteiger partial charge in [0.15, 0.2) is 5.96 Å². The number of nitrogens with two attached hydrogens (primary N) is 2. The van der Waals surface area contributed by atoms with Gasteiger partial charge in [0.2, 0.25) is 0 Å². The fourth-order valence-corrected chi connectivity index (χ4v) is 3.89. The Morgan fingerprint density at radius 1 is 1.11 bits per heavy atom. The number of hydrogen-bond donors (Lipinski definition) is 2. The van der Waals surface area contributed by atoms with Gasteiger partial charge in [-0.3, -0.25) is 4.98 Å². The maximum absolute atomic E-state index is 5.55. The van der Waals surface area contributed by atoms with E-state index in [1.807, 2.05) is 30.3 Å². The van der Waals surface area contributed by atoms with Crippen LogP contribution in [0, 0.1) is 0 Å². The highest BCUT2D eigenvalue weighted by molar-refractivity contribution is 7.99. The van der Waals surface area contributed by atoms with Crippen molar-refractivity contribution in [2.24, 2.45) is 16.5 Å². The molecule has 2 heterocycles. The maximum atomic E-state index is 5.55. The van der Waals surface area contributed by atoms with Crippen molar-refractivity contribution in [2.75, 3.05) is 0 Å². The molecular formula is C20H24N6S. The van der Waals surface area contributed by atoms with Crippen LogP contribution in [0.5, 0.6) is 0 Å². The van der Waals surface area contributed by atoms with E-state index < -0.39 is 0 Å². The summed E-state index contributed by atoms with van der Waals surface area (Å²) in [6, 6.07) is 14.3. The van der Waals surface area contributed by atoms with Crippen molar-refractivity contribution < 1.29 is 0 Å². The van der Waals surface area contributed by atoms with E-state index in [1.54, 1.807) is 24.2 Å². The maximum Gasteiger partial charge on any atom is 0.186 e. The molecule has 2 aromatic heterocycles. The number of hydrogen-bond acceptors (Lipinski definition) is 4. The zero-order valence-corrected chi connectivity index (χ0v) is 16.4. The molecule has 27 heavy (non-hydrogen) atoms. The predicted octanol–water partition coefficient (Wildman–Crippen LogP) is 3.37. The number of pyridine rings is 1. The van der Waals surface area contributed by atoms with Crippen molar-refractivity contribution in [1.29, 1.82) is 0 Å². The van der Waals surface area contributed by atoms with Crippen molar-refractivity contribution in [2.45, 2.75) is 42.8 Å². The van der Waals surface area contributed by atoms with Crippen LogP contribution in [0.2, 0.25) is 0 Å². The summed E-state index contributed by atoms with van der Waals surface area (Å²) >= 11 is 1.72. The monoisotopic (exact) mass is 380 g/mol. The van der Waals surface area contributed by atoms with Crippen LogP contribution in [-0.4, -0.2) is 20.5 Å². The third-order valence-corrected chi connectivity index (χ3v) is 5.15. The van der Waals surface area contributed by atoms with Gasteiger partial charge in [-0.15, -0.1) is 0 Å². The van der Waals surface area contributed by atoms with E-state index >= 15 is 0 Å². The zero-order chi connectivity index (χ0) is 19.2. The molecule has 0 fully saturated rings. The molecule has 0 bridgehead atoms. The van der Waals surface area contributed by atoms with Crippen LogP contribution in [0.1, 0.15) is 36.8 Å². The number of aromatic nitrogens is 3. The average molecular weight is 381 g/mol. The van der Waals surface area contributed by atoms with Gasteiger partial charge in [0.1, 0.15) is 17.4 Å². The minimum atomic E-state index is 0.0665. The van der Waals surface area contributed by atoms with Gasteiger partial charge in [0.05, 0.1) is 5.69 Å². The van der Waals surface area contributed by atoms with Crippen LogP contribution in [0.4, 0.5) is 0 Å². The molecule has 3 aromatic rings. The molecule has 3 rings (SSSR count). The molecule has 0 radical (unpaired) electrons. The van der Waals surface area contributed by atoms with Crippen molar-refractivity contribution in [3.8, 4) is 0 Å². The molecular weight excluding hydrogens is 356 g/mol. The Balaban J connectivity index is 2.07. The van der Waals surface area contributed by atoms with Gasteiger partial charge in [-0.05, 0) is 35.7 Å². The minimum absolute atomic E-state index is 0.0665. The smallest absolute Gasteiger partial charge is 0.186 e. The number of guanidine groups is 1. The normalized spacial score (nSPS) is 10.9. The molecule has 0 aliphatic carbocycles. The molecule has 1 aromatic carbocycles.